The SMILES string of the molecule is O=C(NCC1COc2ccccc2O1)C1CCCO1. The van der Waals surface area contributed by atoms with Crippen LogP contribution in [0.15, 0.2) is 24.3 Å². The van der Waals surface area contributed by atoms with Crippen LogP contribution in [0.1, 0.15) is 12.8 Å². The molecule has 102 valence electrons. The maximum Gasteiger partial charge on any atom is 0.249 e. The second-order valence-electron chi connectivity index (χ2n) is 4.74. The topological polar surface area (TPSA) is 56.8 Å². The van der Waals surface area contributed by atoms with Crippen LogP contribution in [-0.4, -0.2) is 37.9 Å². The van der Waals surface area contributed by atoms with E-state index in [9.17, 15) is 4.79 Å². The van der Waals surface area contributed by atoms with Gasteiger partial charge in [-0.1, -0.05) is 12.1 Å². The second kappa shape index (κ2) is 5.48. The number of ether oxygens (including phenoxy) is 3. The molecule has 0 radical (unpaired) electrons. The Morgan fingerprint density at radius 3 is 2.95 bits per heavy atom. The van der Waals surface area contributed by atoms with E-state index in [2.05, 4.69) is 5.32 Å². The Hall–Kier alpha value is -1.75. The number of para-hydroxylation sites is 2. The zero-order valence-corrected chi connectivity index (χ0v) is 10.6. The molecule has 1 aromatic rings. The molecular weight excluding hydrogens is 246 g/mol. The quantitative estimate of drug-likeness (QED) is 0.888. The molecule has 0 aromatic heterocycles. The summed E-state index contributed by atoms with van der Waals surface area (Å²) in [4.78, 5) is 11.8. The summed E-state index contributed by atoms with van der Waals surface area (Å²) in [6.45, 7) is 1.56. The molecule has 1 aromatic carbocycles. The Morgan fingerprint density at radius 2 is 2.16 bits per heavy atom. The molecule has 2 unspecified atom stereocenters. The molecule has 3 rings (SSSR count). The van der Waals surface area contributed by atoms with Crippen molar-refractivity contribution in [2.75, 3.05) is 19.8 Å². The number of carbonyl (C=O) groups excluding carboxylic acids is 1. The van der Waals surface area contributed by atoms with Crippen LogP contribution in [-0.2, 0) is 9.53 Å². The summed E-state index contributed by atoms with van der Waals surface area (Å²) < 4.78 is 16.7. The fraction of sp³-hybridized carbons (Fsp3) is 0.500. The van der Waals surface area contributed by atoms with Crippen LogP contribution in [0, 0.1) is 0 Å². The predicted molar refractivity (Wildman–Crippen MR) is 68.3 cm³/mol. The highest BCUT2D eigenvalue weighted by Gasteiger charge is 2.26. The second-order valence-corrected chi connectivity index (χ2v) is 4.74. The van der Waals surface area contributed by atoms with E-state index in [1.54, 1.807) is 0 Å². The minimum absolute atomic E-state index is 0.0556. The first-order chi connectivity index (χ1) is 9.33. The van der Waals surface area contributed by atoms with Gasteiger partial charge in [0.15, 0.2) is 11.5 Å². The minimum Gasteiger partial charge on any atom is -0.486 e. The Bertz CT molecular complexity index is 457. The number of hydrogen-bond acceptors (Lipinski definition) is 4. The fourth-order valence-electron chi connectivity index (χ4n) is 2.28. The molecule has 19 heavy (non-hydrogen) atoms. The lowest BCUT2D eigenvalue weighted by Crippen LogP contribution is -2.43. The van der Waals surface area contributed by atoms with Crippen LogP contribution in [0.2, 0.25) is 0 Å². The monoisotopic (exact) mass is 263 g/mol. The summed E-state index contributed by atoms with van der Waals surface area (Å²) in [5.41, 5.74) is 0. The van der Waals surface area contributed by atoms with Crippen molar-refractivity contribution in [1.29, 1.82) is 0 Å². The largest absolute Gasteiger partial charge is 0.486 e. The van der Waals surface area contributed by atoms with Crippen LogP contribution in [0.25, 0.3) is 0 Å². The molecule has 5 heteroatoms. The van der Waals surface area contributed by atoms with Crippen LogP contribution >= 0.6 is 0 Å². The first-order valence-electron chi connectivity index (χ1n) is 6.61. The van der Waals surface area contributed by atoms with Gasteiger partial charge in [-0.15, -0.1) is 0 Å². The molecule has 2 atom stereocenters. The smallest absolute Gasteiger partial charge is 0.249 e. The third kappa shape index (κ3) is 2.81. The summed E-state index contributed by atoms with van der Waals surface area (Å²) >= 11 is 0. The van der Waals surface area contributed by atoms with E-state index in [1.165, 1.54) is 0 Å². The van der Waals surface area contributed by atoms with Crippen molar-refractivity contribution in [2.45, 2.75) is 25.0 Å². The van der Waals surface area contributed by atoms with E-state index < -0.39 is 0 Å². The van der Waals surface area contributed by atoms with Gasteiger partial charge in [0.1, 0.15) is 18.8 Å². The molecule has 0 bridgehead atoms. The van der Waals surface area contributed by atoms with Crippen LogP contribution in [0.3, 0.4) is 0 Å². The highest BCUT2D eigenvalue weighted by atomic mass is 16.6. The summed E-state index contributed by atoms with van der Waals surface area (Å²) in [6, 6.07) is 7.54. The van der Waals surface area contributed by atoms with Crippen molar-refractivity contribution in [3.05, 3.63) is 24.3 Å². The third-order valence-electron chi connectivity index (χ3n) is 3.29. The number of fused-ring (bicyclic) bond motifs is 1. The maximum absolute atomic E-state index is 11.8. The molecule has 1 amide bonds. The van der Waals surface area contributed by atoms with E-state index in [0.717, 1.165) is 24.3 Å². The Morgan fingerprint density at radius 1 is 1.32 bits per heavy atom. The van der Waals surface area contributed by atoms with Gasteiger partial charge in [-0.3, -0.25) is 4.79 Å². The summed E-state index contributed by atoms with van der Waals surface area (Å²) in [6.07, 6.45) is 1.31. The zero-order chi connectivity index (χ0) is 13.1. The van der Waals surface area contributed by atoms with E-state index in [1.807, 2.05) is 24.3 Å². The van der Waals surface area contributed by atoms with Gasteiger partial charge in [0.2, 0.25) is 5.91 Å². The van der Waals surface area contributed by atoms with Gasteiger partial charge in [-0.05, 0) is 25.0 Å². The Labute approximate surface area is 111 Å². The highest BCUT2D eigenvalue weighted by Crippen LogP contribution is 2.30. The zero-order valence-electron chi connectivity index (χ0n) is 10.6. The number of benzene rings is 1. The third-order valence-corrected chi connectivity index (χ3v) is 3.29. The number of carbonyl (C=O) groups is 1. The molecule has 0 saturated carbocycles. The standard InChI is InChI=1S/C14H17NO4/c16-14(13-6-3-7-17-13)15-8-10-9-18-11-4-1-2-5-12(11)19-10/h1-2,4-5,10,13H,3,6-9H2,(H,15,16). The molecule has 2 aliphatic rings. The Kier molecular flexibility index (Phi) is 3.55. The number of rotatable bonds is 3. The van der Waals surface area contributed by atoms with E-state index >= 15 is 0 Å². The van der Waals surface area contributed by atoms with Crippen molar-refractivity contribution in [3.63, 3.8) is 0 Å². The van der Waals surface area contributed by atoms with Gasteiger partial charge in [0.25, 0.3) is 0 Å². The highest BCUT2D eigenvalue weighted by molar-refractivity contribution is 5.80. The summed E-state index contributed by atoms with van der Waals surface area (Å²) in [5.74, 6) is 1.43. The van der Waals surface area contributed by atoms with Crippen LogP contribution < -0.4 is 14.8 Å². The van der Waals surface area contributed by atoms with E-state index in [0.29, 0.717) is 19.8 Å². The molecule has 2 aliphatic heterocycles. The molecule has 0 spiro atoms. The van der Waals surface area contributed by atoms with Gasteiger partial charge in [-0.2, -0.15) is 0 Å². The van der Waals surface area contributed by atoms with Crippen molar-refractivity contribution >= 4 is 5.91 Å². The summed E-state index contributed by atoms with van der Waals surface area (Å²) in [7, 11) is 0. The number of hydrogen-bond donors (Lipinski definition) is 1. The lowest BCUT2D eigenvalue weighted by atomic mass is 10.2. The van der Waals surface area contributed by atoms with Gasteiger partial charge in [-0.25, -0.2) is 0 Å². The van der Waals surface area contributed by atoms with Crippen molar-refractivity contribution in [2.24, 2.45) is 0 Å². The molecule has 1 saturated heterocycles. The van der Waals surface area contributed by atoms with E-state index in [4.69, 9.17) is 14.2 Å². The predicted octanol–water partition coefficient (Wildman–Crippen LogP) is 1.12. The first kappa shape index (κ1) is 12.3. The average Bonchev–Trinajstić information content (AvgIpc) is 2.99. The Balaban J connectivity index is 1.50. The maximum atomic E-state index is 11.8. The molecular formula is C14H17NO4. The van der Waals surface area contributed by atoms with E-state index in [-0.39, 0.29) is 18.1 Å². The van der Waals surface area contributed by atoms with Gasteiger partial charge in [0.05, 0.1) is 6.54 Å². The summed E-state index contributed by atoms with van der Waals surface area (Å²) in [5, 5.41) is 2.86. The van der Waals surface area contributed by atoms with Crippen LogP contribution in [0.5, 0.6) is 11.5 Å². The van der Waals surface area contributed by atoms with Crippen molar-refractivity contribution < 1.29 is 19.0 Å². The average molecular weight is 263 g/mol. The molecule has 1 N–H and O–H groups in total. The molecule has 1 fully saturated rings. The molecule has 2 heterocycles. The van der Waals surface area contributed by atoms with Crippen LogP contribution in [0.4, 0.5) is 0 Å². The van der Waals surface area contributed by atoms with Crippen molar-refractivity contribution in [3.8, 4) is 11.5 Å². The minimum atomic E-state index is -0.295. The number of nitrogens with one attached hydrogen (secondary N) is 1. The molecule has 5 nitrogen and oxygen atoms in total. The normalized spacial score (nSPS) is 25.1. The molecule has 0 aliphatic carbocycles. The van der Waals surface area contributed by atoms with Gasteiger partial charge < -0.3 is 19.5 Å². The first-order valence-corrected chi connectivity index (χ1v) is 6.61. The fourth-order valence-corrected chi connectivity index (χ4v) is 2.28. The van der Waals surface area contributed by atoms with Crippen molar-refractivity contribution in [1.82, 2.24) is 5.32 Å². The lowest BCUT2D eigenvalue weighted by molar-refractivity contribution is -0.130. The van der Waals surface area contributed by atoms with Gasteiger partial charge in [0, 0.05) is 6.61 Å². The lowest BCUT2D eigenvalue weighted by Gasteiger charge is -2.26. The van der Waals surface area contributed by atoms with Gasteiger partial charge >= 0.3 is 0 Å². The number of amides is 1.